The van der Waals surface area contributed by atoms with Gasteiger partial charge in [0.05, 0.1) is 17.8 Å². The minimum absolute atomic E-state index is 0.266. The fraction of sp³-hybridized carbons (Fsp3) is 0.194. The SMILES string of the molecule is CC1Cc2ccccc2N1c1cccc2c(CCCOc3cccc4ccccc34)c(C(=O)O)[nH]c12. The second kappa shape index (κ2) is 9.08. The topological polar surface area (TPSA) is 65.6 Å². The average Bonchev–Trinajstić information content (AvgIpc) is 3.44. The van der Waals surface area contributed by atoms with E-state index in [1.165, 1.54) is 11.3 Å². The normalized spacial score (nSPS) is 14.9. The van der Waals surface area contributed by atoms with Gasteiger partial charge in [-0.15, -0.1) is 0 Å². The van der Waals surface area contributed by atoms with E-state index in [1.54, 1.807) is 0 Å². The monoisotopic (exact) mass is 476 g/mol. The molecule has 0 amide bonds. The van der Waals surface area contributed by atoms with Gasteiger partial charge in [0.1, 0.15) is 11.4 Å². The van der Waals surface area contributed by atoms with Gasteiger partial charge in [-0.1, -0.05) is 66.7 Å². The van der Waals surface area contributed by atoms with Crippen LogP contribution < -0.4 is 9.64 Å². The van der Waals surface area contributed by atoms with Gasteiger partial charge in [0, 0.05) is 22.5 Å². The maximum Gasteiger partial charge on any atom is 0.352 e. The van der Waals surface area contributed by atoms with Gasteiger partial charge >= 0.3 is 5.97 Å². The first kappa shape index (κ1) is 22.2. The maximum atomic E-state index is 12.2. The summed E-state index contributed by atoms with van der Waals surface area (Å²) in [5.74, 6) is -0.0774. The first-order valence-corrected chi connectivity index (χ1v) is 12.5. The molecule has 1 aliphatic rings. The quantitative estimate of drug-likeness (QED) is 0.246. The van der Waals surface area contributed by atoms with Crippen molar-refractivity contribution in [1.82, 2.24) is 4.98 Å². The Bertz CT molecular complexity index is 1580. The molecule has 6 rings (SSSR count). The van der Waals surface area contributed by atoms with E-state index in [1.807, 2.05) is 36.4 Å². The number of carboxylic acids is 1. The van der Waals surface area contributed by atoms with E-state index in [-0.39, 0.29) is 5.69 Å². The number of rotatable bonds is 7. The van der Waals surface area contributed by atoms with Gasteiger partial charge in [0.2, 0.25) is 0 Å². The van der Waals surface area contributed by atoms with Gasteiger partial charge in [0.25, 0.3) is 0 Å². The molecule has 1 atom stereocenters. The number of aromatic nitrogens is 1. The molecule has 5 heteroatoms. The number of fused-ring (bicyclic) bond motifs is 3. The van der Waals surface area contributed by atoms with Crippen molar-refractivity contribution < 1.29 is 14.6 Å². The van der Waals surface area contributed by atoms with E-state index in [0.29, 0.717) is 25.5 Å². The zero-order chi connectivity index (χ0) is 24.6. The Hall–Kier alpha value is -4.25. The van der Waals surface area contributed by atoms with Gasteiger partial charge < -0.3 is 19.7 Å². The minimum Gasteiger partial charge on any atom is -0.493 e. The number of hydrogen-bond acceptors (Lipinski definition) is 3. The summed E-state index contributed by atoms with van der Waals surface area (Å²) in [5, 5.41) is 13.2. The number of hydrogen-bond donors (Lipinski definition) is 2. The summed E-state index contributed by atoms with van der Waals surface area (Å²) in [7, 11) is 0. The lowest BCUT2D eigenvalue weighted by molar-refractivity contribution is 0.0690. The Balaban J connectivity index is 1.29. The summed E-state index contributed by atoms with van der Waals surface area (Å²) in [4.78, 5) is 17.8. The molecule has 1 aliphatic heterocycles. The maximum absolute atomic E-state index is 12.2. The Morgan fingerprint density at radius 1 is 0.944 bits per heavy atom. The molecule has 1 unspecified atom stereocenters. The molecule has 180 valence electrons. The lowest BCUT2D eigenvalue weighted by atomic mass is 10.0. The summed E-state index contributed by atoms with van der Waals surface area (Å²) in [6.45, 7) is 2.72. The number of H-pyrrole nitrogens is 1. The van der Waals surface area contributed by atoms with E-state index >= 15 is 0 Å². The van der Waals surface area contributed by atoms with Gasteiger partial charge in [-0.25, -0.2) is 4.79 Å². The molecule has 5 nitrogen and oxygen atoms in total. The zero-order valence-electron chi connectivity index (χ0n) is 20.2. The number of aromatic amines is 1. The van der Waals surface area contributed by atoms with Crippen LogP contribution in [0.5, 0.6) is 5.75 Å². The zero-order valence-corrected chi connectivity index (χ0v) is 20.2. The van der Waals surface area contributed by atoms with Crippen molar-refractivity contribution in [3.8, 4) is 5.75 Å². The van der Waals surface area contributed by atoms with Gasteiger partial charge in [0.15, 0.2) is 0 Å². The van der Waals surface area contributed by atoms with Crippen LogP contribution in [0.15, 0.2) is 84.9 Å². The molecule has 0 bridgehead atoms. The second-order valence-electron chi connectivity index (χ2n) is 9.46. The molecule has 0 radical (unpaired) electrons. The highest BCUT2D eigenvalue weighted by molar-refractivity contribution is 6.03. The number of ether oxygens (including phenoxy) is 1. The van der Waals surface area contributed by atoms with Crippen LogP contribution in [0.3, 0.4) is 0 Å². The van der Waals surface area contributed by atoms with Crippen LogP contribution >= 0.6 is 0 Å². The summed E-state index contributed by atoms with van der Waals surface area (Å²) in [6.07, 6.45) is 2.29. The Morgan fingerprint density at radius 2 is 1.67 bits per heavy atom. The van der Waals surface area contributed by atoms with Crippen molar-refractivity contribution in [2.24, 2.45) is 0 Å². The van der Waals surface area contributed by atoms with Crippen molar-refractivity contribution in [3.63, 3.8) is 0 Å². The van der Waals surface area contributed by atoms with Crippen LogP contribution in [0.25, 0.3) is 21.7 Å². The first-order valence-electron chi connectivity index (χ1n) is 12.5. The predicted octanol–water partition coefficient (Wildman–Crippen LogP) is 7.11. The molecular formula is C31H28N2O3. The summed E-state index contributed by atoms with van der Waals surface area (Å²) >= 11 is 0. The van der Waals surface area contributed by atoms with E-state index in [9.17, 15) is 9.90 Å². The minimum atomic E-state index is -0.933. The molecule has 2 N–H and O–H groups in total. The van der Waals surface area contributed by atoms with Crippen molar-refractivity contribution in [2.75, 3.05) is 11.5 Å². The largest absolute Gasteiger partial charge is 0.493 e. The van der Waals surface area contributed by atoms with Crippen LogP contribution in [0.2, 0.25) is 0 Å². The molecule has 0 aliphatic carbocycles. The molecule has 0 fully saturated rings. The third-order valence-electron chi connectivity index (χ3n) is 7.18. The van der Waals surface area contributed by atoms with Crippen LogP contribution in [0.4, 0.5) is 11.4 Å². The van der Waals surface area contributed by atoms with E-state index in [4.69, 9.17) is 4.74 Å². The van der Waals surface area contributed by atoms with Crippen LogP contribution in [-0.2, 0) is 12.8 Å². The number of benzene rings is 4. The second-order valence-corrected chi connectivity index (χ2v) is 9.46. The van der Waals surface area contributed by atoms with E-state index in [2.05, 4.69) is 65.3 Å². The Kier molecular flexibility index (Phi) is 5.61. The van der Waals surface area contributed by atoms with Gasteiger partial charge in [-0.2, -0.15) is 0 Å². The summed E-state index contributed by atoms with van der Waals surface area (Å²) in [5.41, 5.74) is 5.50. The number of para-hydroxylation sites is 2. The van der Waals surface area contributed by atoms with Crippen molar-refractivity contribution in [2.45, 2.75) is 32.2 Å². The van der Waals surface area contributed by atoms with Crippen LogP contribution in [0.1, 0.15) is 35.0 Å². The van der Waals surface area contributed by atoms with Crippen LogP contribution in [0, 0.1) is 0 Å². The molecule has 5 aromatic rings. The lowest BCUT2D eigenvalue weighted by Crippen LogP contribution is -2.24. The highest BCUT2D eigenvalue weighted by Crippen LogP contribution is 2.42. The molecule has 1 aromatic heterocycles. The van der Waals surface area contributed by atoms with Crippen molar-refractivity contribution >= 4 is 39.0 Å². The highest BCUT2D eigenvalue weighted by atomic mass is 16.5. The third kappa shape index (κ3) is 3.77. The van der Waals surface area contributed by atoms with Gasteiger partial charge in [-0.3, -0.25) is 0 Å². The number of carbonyl (C=O) groups is 1. The van der Waals surface area contributed by atoms with E-state index < -0.39 is 5.97 Å². The third-order valence-corrected chi connectivity index (χ3v) is 7.18. The smallest absolute Gasteiger partial charge is 0.352 e. The Labute approximate surface area is 209 Å². The van der Waals surface area contributed by atoms with Gasteiger partial charge in [-0.05, 0) is 60.9 Å². The Morgan fingerprint density at radius 3 is 2.56 bits per heavy atom. The molecule has 0 saturated heterocycles. The summed E-state index contributed by atoms with van der Waals surface area (Å²) in [6, 6.07) is 29.1. The molecular weight excluding hydrogens is 448 g/mol. The van der Waals surface area contributed by atoms with E-state index in [0.717, 1.165) is 45.1 Å². The predicted molar refractivity (Wildman–Crippen MR) is 145 cm³/mol. The van der Waals surface area contributed by atoms with Crippen molar-refractivity contribution in [1.29, 1.82) is 0 Å². The number of carboxylic acid groups (broad SMARTS) is 1. The average molecular weight is 477 g/mol. The molecule has 4 aromatic carbocycles. The molecule has 0 saturated carbocycles. The van der Waals surface area contributed by atoms with Crippen LogP contribution in [-0.4, -0.2) is 28.7 Å². The number of nitrogens with zero attached hydrogens (tertiary/aromatic N) is 1. The fourth-order valence-corrected chi connectivity index (χ4v) is 5.59. The molecule has 0 spiro atoms. The fourth-order valence-electron chi connectivity index (χ4n) is 5.59. The highest BCUT2D eigenvalue weighted by Gasteiger charge is 2.29. The number of aryl methyl sites for hydroxylation is 1. The molecule has 2 heterocycles. The molecule has 36 heavy (non-hydrogen) atoms. The standard InChI is InChI=1S/C31H28N2O3/c1-20-19-22-10-3-5-15-26(22)33(20)27-16-7-13-24-25(30(31(34)35)32-29(24)27)14-8-18-36-28-17-6-11-21-9-2-4-12-23(21)28/h2-7,9-13,15-17,20,32H,8,14,18-19H2,1H3,(H,34,35). The summed E-state index contributed by atoms with van der Waals surface area (Å²) < 4.78 is 6.12. The lowest BCUT2D eigenvalue weighted by Gasteiger charge is -2.25. The number of anilines is 2. The van der Waals surface area contributed by atoms with Crippen molar-refractivity contribution in [3.05, 3.63) is 102 Å². The first-order chi connectivity index (χ1) is 17.6. The number of nitrogens with one attached hydrogen (secondary N) is 1. The number of aromatic carboxylic acids is 1.